The van der Waals surface area contributed by atoms with Crippen LogP contribution in [0.1, 0.15) is 11.3 Å². The van der Waals surface area contributed by atoms with Gasteiger partial charge in [0.2, 0.25) is 5.95 Å². The number of rotatable bonds is 1. The zero-order chi connectivity index (χ0) is 14.3. The molecule has 0 aliphatic rings. The molecule has 3 rings (SSSR count). The van der Waals surface area contributed by atoms with Crippen LogP contribution in [0.2, 0.25) is 0 Å². The quantitative estimate of drug-likeness (QED) is 0.733. The molecule has 0 aliphatic heterocycles. The summed E-state index contributed by atoms with van der Waals surface area (Å²) in [6, 6.07) is 9.53. The summed E-state index contributed by atoms with van der Waals surface area (Å²) in [6.07, 6.45) is 0. The Morgan fingerprint density at radius 1 is 1.25 bits per heavy atom. The van der Waals surface area contributed by atoms with Crippen molar-refractivity contribution in [2.45, 2.75) is 6.92 Å². The smallest absolute Gasteiger partial charge is 0.207 e. The van der Waals surface area contributed by atoms with Gasteiger partial charge >= 0.3 is 0 Å². The summed E-state index contributed by atoms with van der Waals surface area (Å²) < 4.78 is 14.8. The number of nitrogen functional groups attached to an aromatic ring is 1. The molecule has 0 fully saturated rings. The van der Waals surface area contributed by atoms with E-state index in [0.717, 1.165) is 11.8 Å². The first-order valence-corrected chi connectivity index (χ1v) is 5.92. The molecule has 0 spiro atoms. The molecule has 20 heavy (non-hydrogen) atoms. The number of benzene rings is 1. The normalized spacial score (nSPS) is 10.7. The zero-order valence-electron chi connectivity index (χ0n) is 10.6. The Morgan fingerprint density at radius 2 is 2.05 bits per heavy atom. The highest BCUT2D eigenvalue weighted by molar-refractivity contribution is 5.78. The fourth-order valence-electron chi connectivity index (χ4n) is 2.10. The SMILES string of the molecule is Cc1ccc2nc(N)n(-c3ccc(F)cc3C#N)c2n1. The summed E-state index contributed by atoms with van der Waals surface area (Å²) in [5, 5.41) is 9.15. The van der Waals surface area contributed by atoms with Crippen molar-refractivity contribution in [1.82, 2.24) is 14.5 Å². The van der Waals surface area contributed by atoms with E-state index in [4.69, 9.17) is 11.0 Å². The van der Waals surface area contributed by atoms with E-state index in [-0.39, 0.29) is 11.5 Å². The van der Waals surface area contributed by atoms with Crippen LogP contribution in [-0.2, 0) is 0 Å². The van der Waals surface area contributed by atoms with Gasteiger partial charge in [0.15, 0.2) is 5.65 Å². The first-order valence-electron chi connectivity index (χ1n) is 5.92. The van der Waals surface area contributed by atoms with Crippen molar-refractivity contribution in [3.8, 4) is 11.8 Å². The Balaban J connectivity index is 2.38. The predicted octanol–water partition coefficient (Wildman–Crippen LogP) is 2.32. The summed E-state index contributed by atoms with van der Waals surface area (Å²) in [5.41, 5.74) is 8.53. The molecule has 0 atom stereocenters. The lowest BCUT2D eigenvalue weighted by Gasteiger charge is -2.08. The largest absolute Gasteiger partial charge is 0.369 e. The van der Waals surface area contributed by atoms with Crippen molar-refractivity contribution in [3.05, 3.63) is 47.4 Å². The second-order valence-corrected chi connectivity index (χ2v) is 4.37. The molecule has 2 aromatic heterocycles. The van der Waals surface area contributed by atoms with Crippen LogP contribution in [0, 0.1) is 24.1 Å². The van der Waals surface area contributed by atoms with Crippen LogP contribution >= 0.6 is 0 Å². The number of hydrogen-bond donors (Lipinski definition) is 1. The topological polar surface area (TPSA) is 80.5 Å². The molecule has 2 heterocycles. The monoisotopic (exact) mass is 267 g/mol. The minimum atomic E-state index is -0.475. The molecule has 5 nitrogen and oxygen atoms in total. The summed E-state index contributed by atoms with van der Waals surface area (Å²) in [6.45, 7) is 1.85. The van der Waals surface area contributed by atoms with Gasteiger partial charge in [0.1, 0.15) is 17.4 Å². The third-order valence-corrected chi connectivity index (χ3v) is 2.99. The average Bonchev–Trinajstić information content (AvgIpc) is 2.74. The van der Waals surface area contributed by atoms with Gasteiger partial charge in [-0.3, -0.25) is 4.57 Å². The van der Waals surface area contributed by atoms with E-state index in [1.165, 1.54) is 12.1 Å². The van der Waals surface area contributed by atoms with Crippen LogP contribution in [0.3, 0.4) is 0 Å². The Hall–Kier alpha value is -2.94. The molecular formula is C14H10FN5. The van der Waals surface area contributed by atoms with Crippen LogP contribution in [-0.4, -0.2) is 14.5 Å². The van der Waals surface area contributed by atoms with Crippen molar-refractivity contribution in [2.24, 2.45) is 0 Å². The van der Waals surface area contributed by atoms with Crippen molar-refractivity contribution in [1.29, 1.82) is 5.26 Å². The maximum absolute atomic E-state index is 13.2. The number of hydrogen-bond acceptors (Lipinski definition) is 4. The number of nitriles is 1. The van der Waals surface area contributed by atoms with Gasteiger partial charge < -0.3 is 5.73 Å². The number of nitrogens with zero attached hydrogens (tertiary/aromatic N) is 4. The number of aromatic nitrogens is 3. The van der Waals surface area contributed by atoms with Gasteiger partial charge in [-0.15, -0.1) is 0 Å². The molecule has 3 aromatic rings. The first-order chi connectivity index (χ1) is 9.60. The van der Waals surface area contributed by atoms with Gasteiger partial charge in [-0.2, -0.15) is 5.26 Å². The number of nitrogens with two attached hydrogens (primary N) is 1. The molecule has 6 heteroatoms. The molecular weight excluding hydrogens is 257 g/mol. The van der Waals surface area contributed by atoms with Gasteiger partial charge in [-0.25, -0.2) is 14.4 Å². The molecule has 0 unspecified atom stereocenters. The summed E-state index contributed by atoms with van der Waals surface area (Å²) >= 11 is 0. The molecule has 0 bridgehead atoms. The maximum atomic E-state index is 13.2. The maximum Gasteiger partial charge on any atom is 0.207 e. The molecule has 0 amide bonds. The molecule has 2 N–H and O–H groups in total. The van der Waals surface area contributed by atoms with Crippen molar-refractivity contribution >= 4 is 17.1 Å². The summed E-state index contributed by atoms with van der Waals surface area (Å²) in [5.74, 6) is -0.265. The molecule has 98 valence electrons. The molecule has 0 aliphatic carbocycles. The third kappa shape index (κ3) is 1.77. The van der Waals surface area contributed by atoms with Crippen molar-refractivity contribution < 1.29 is 4.39 Å². The van der Waals surface area contributed by atoms with Gasteiger partial charge in [0.05, 0.1) is 11.3 Å². The third-order valence-electron chi connectivity index (χ3n) is 2.99. The first kappa shape index (κ1) is 12.1. The van der Waals surface area contributed by atoms with E-state index in [9.17, 15) is 4.39 Å². The summed E-state index contributed by atoms with van der Waals surface area (Å²) in [7, 11) is 0. The number of pyridine rings is 1. The van der Waals surface area contributed by atoms with Crippen LogP contribution in [0.4, 0.5) is 10.3 Å². The molecule has 0 radical (unpaired) electrons. The highest BCUT2D eigenvalue weighted by atomic mass is 19.1. The van der Waals surface area contributed by atoms with Crippen LogP contribution in [0.25, 0.3) is 16.9 Å². The molecule has 0 saturated carbocycles. The Labute approximate surface area is 114 Å². The number of fused-ring (bicyclic) bond motifs is 1. The van der Waals surface area contributed by atoms with E-state index in [1.807, 2.05) is 19.1 Å². The van der Waals surface area contributed by atoms with E-state index >= 15 is 0 Å². The lowest BCUT2D eigenvalue weighted by molar-refractivity contribution is 0.627. The van der Waals surface area contributed by atoms with Gasteiger partial charge in [-0.05, 0) is 37.3 Å². The number of imidazole rings is 1. The van der Waals surface area contributed by atoms with Gasteiger partial charge in [0.25, 0.3) is 0 Å². The van der Waals surface area contributed by atoms with E-state index in [2.05, 4.69) is 9.97 Å². The fourth-order valence-corrected chi connectivity index (χ4v) is 2.10. The highest BCUT2D eigenvalue weighted by Gasteiger charge is 2.15. The van der Waals surface area contributed by atoms with Crippen LogP contribution in [0.15, 0.2) is 30.3 Å². The lowest BCUT2D eigenvalue weighted by Crippen LogP contribution is -2.04. The van der Waals surface area contributed by atoms with Crippen molar-refractivity contribution in [3.63, 3.8) is 0 Å². The number of halogens is 1. The minimum absolute atomic E-state index is 0.180. The van der Waals surface area contributed by atoms with E-state index in [1.54, 1.807) is 10.6 Å². The molecule has 0 saturated heterocycles. The van der Waals surface area contributed by atoms with Gasteiger partial charge in [0, 0.05) is 5.69 Å². The Bertz CT molecular complexity index is 860. The Morgan fingerprint density at radius 3 is 2.80 bits per heavy atom. The minimum Gasteiger partial charge on any atom is -0.369 e. The predicted molar refractivity (Wildman–Crippen MR) is 72.7 cm³/mol. The zero-order valence-corrected chi connectivity index (χ0v) is 10.6. The molecule has 1 aromatic carbocycles. The number of aryl methyl sites for hydroxylation is 1. The Kier molecular flexibility index (Phi) is 2.61. The average molecular weight is 267 g/mol. The standard InChI is InChI=1S/C14H10FN5/c1-8-2-4-11-13(18-8)20(14(17)19-11)12-5-3-10(15)6-9(12)7-16/h2-6H,1H3,(H2,17,19). The fraction of sp³-hybridized carbons (Fsp3) is 0.0714. The number of anilines is 1. The second-order valence-electron chi connectivity index (χ2n) is 4.37. The van der Waals surface area contributed by atoms with E-state index < -0.39 is 5.82 Å². The van der Waals surface area contributed by atoms with Crippen LogP contribution in [0.5, 0.6) is 0 Å². The highest BCUT2D eigenvalue weighted by Crippen LogP contribution is 2.24. The van der Waals surface area contributed by atoms with Crippen molar-refractivity contribution in [2.75, 3.05) is 5.73 Å². The lowest BCUT2D eigenvalue weighted by atomic mass is 10.2. The van der Waals surface area contributed by atoms with E-state index in [0.29, 0.717) is 16.9 Å². The second kappa shape index (κ2) is 4.31. The van der Waals surface area contributed by atoms with Crippen LogP contribution < -0.4 is 5.73 Å². The summed E-state index contributed by atoms with van der Waals surface area (Å²) in [4.78, 5) is 8.59. The van der Waals surface area contributed by atoms with Gasteiger partial charge in [-0.1, -0.05) is 0 Å².